The minimum Gasteiger partial charge on any atom is -0.494 e. The fraction of sp³-hybridized carbons (Fsp3) is 0.393. The van der Waals surface area contributed by atoms with E-state index in [1.807, 2.05) is 16.8 Å². The number of hydrogen-bond acceptors (Lipinski definition) is 9. The molecule has 1 unspecified atom stereocenters. The standard InChI is InChI=1S/C26H31N5O2S.C2H2O4/c1-30-14-11-21(12-15-30)33-25(26-29-23-9-2-3-10-24(23)34-26)20-7-6-8-22(17-20)32-16-5-4-13-31-19-27-18-28-31;3-1(4)2(5)6/h2-3,6-10,17-19,21,25H,4-5,11-16H2,1H3;(H,3,4)(H,5,6). The summed E-state index contributed by atoms with van der Waals surface area (Å²) in [6.45, 7) is 3.65. The summed E-state index contributed by atoms with van der Waals surface area (Å²) in [5.74, 6) is -2.78. The van der Waals surface area contributed by atoms with E-state index >= 15 is 0 Å². The Morgan fingerprint density at radius 1 is 1.07 bits per heavy atom. The van der Waals surface area contributed by atoms with Crippen molar-refractivity contribution in [1.29, 1.82) is 0 Å². The molecule has 1 aliphatic rings. The smallest absolute Gasteiger partial charge is 0.414 e. The summed E-state index contributed by atoms with van der Waals surface area (Å²) in [5.41, 5.74) is 2.12. The molecule has 1 atom stereocenters. The highest BCUT2D eigenvalue weighted by atomic mass is 32.1. The summed E-state index contributed by atoms with van der Waals surface area (Å²) in [5, 5.41) is 19.9. The van der Waals surface area contributed by atoms with Gasteiger partial charge in [0.1, 0.15) is 29.5 Å². The third-order valence-corrected chi connectivity index (χ3v) is 7.47. The molecule has 40 heavy (non-hydrogen) atoms. The van der Waals surface area contributed by atoms with Gasteiger partial charge in [-0.3, -0.25) is 4.68 Å². The Morgan fingerprint density at radius 2 is 1.85 bits per heavy atom. The minimum absolute atomic E-state index is 0.193. The number of aromatic nitrogens is 4. The Morgan fingerprint density at radius 3 is 2.55 bits per heavy atom. The number of rotatable bonds is 10. The van der Waals surface area contributed by atoms with Crippen molar-refractivity contribution in [2.75, 3.05) is 26.7 Å². The van der Waals surface area contributed by atoms with Crippen molar-refractivity contribution < 1.29 is 29.3 Å². The Labute approximate surface area is 236 Å². The van der Waals surface area contributed by atoms with E-state index in [-0.39, 0.29) is 12.2 Å². The molecular weight excluding hydrogens is 534 g/mol. The Balaban J connectivity index is 0.000000557. The molecule has 0 amide bonds. The first kappa shape index (κ1) is 29.1. The second kappa shape index (κ2) is 14.5. The molecule has 2 N–H and O–H groups in total. The lowest BCUT2D eigenvalue weighted by Gasteiger charge is -2.31. The summed E-state index contributed by atoms with van der Waals surface area (Å²) in [4.78, 5) is 29.5. The van der Waals surface area contributed by atoms with Crippen molar-refractivity contribution in [3.63, 3.8) is 0 Å². The molecule has 1 saturated heterocycles. The lowest BCUT2D eigenvalue weighted by molar-refractivity contribution is -0.159. The number of ether oxygens (including phenoxy) is 2. The fourth-order valence-electron chi connectivity index (χ4n) is 4.28. The predicted octanol–water partition coefficient (Wildman–Crippen LogP) is 4.10. The molecule has 2 aromatic carbocycles. The van der Waals surface area contributed by atoms with Gasteiger partial charge in [-0.2, -0.15) is 5.10 Å². The average Bonchev–Trinajstić information content (AvgIpc) is 3.63. The zero-order valence-corrected chi connectivity index (χ0v) is 23.1. The fourth-order valence-corrected chi connectivity index (χ4v) is 5.31. The highest BCUT2D eigenvalue weighted by Crippen LogP contribution is 2.36. The third-order valence-electron chi connectivity index (χ3n) is 6.39. The molecule has 12 heteroatoms. The Bertz CT molecular complexity index is 1330. The van der Waals surface area contributed by atoms with E-state index in [1.54, 1.807) is 24.0 Å². The van der Waals surface area contributed by atoms with Crippen LogP contribution in [0, 0.1) is 0 Å². The first-order valence-electron chi connectivity index (χ1n) is 13.1. The Hall–Kier alpha value is -3.87. The first-order valence-corrected chi connectivity index (χ1v) is 13.9. The van der Waals surface area contributed by atoms with Gasteiger partial charge in [0.05, 0.1) is 22.9 Å². The lowest BCUT2D eigenvalue weighted by atomic mass is 10.1. The molecule has 1 aliphatic heterocycles. The maximum absolute atomic E-state index is 9.10. The van der Waals surface area contributed by atoms with E-state index in [2.05, 4.69) is 58.4 Å². The van der Waals surface area contributed by atoms with E-state index in [0.717, 1.165) is 67.2 Å². The number of likely N-dealkylation sites (tertiary alicyclic amines) is 1. The first-order chi connectivity index (χ1) is 19.4. The maximum atomic E-state index is 9.10. The summed E-state index contributed by atoms with van der Waals surface area (Å²) in [6, 6.07) is 16.6. The summed E-state index contributed by atoms with van der Waals surface area (Å²) in [7, 11) is 2.17. The van der Waals surface area contributed by atoms with Gasteiger partial charge in [0.25, 0.3) is 0 Å². The molecule has 212 valence electrons. The van der Waals surface area contributed by atoms with Crippen LogP contribution < -0.4 is 4.74 Å². The molecule has 4 aromatic rings. The largest absolute Gasteiger partial charge is 0.494 e. The summed E-state index contributed by atoms with van der Waals surface area (Å²) in [6.07, 6.45) is 7.39. The monoisotopic (exact) mass is 567 g/mol. The van der Waals surface area contributed by atoms with Crippen molar-refractivity contribution in [3.8, 4) is 5.75 Å². The molecule has 0 radical (unpaired) electrons. The van der Waals surface area contributed by atoms with Crippen LogP contribution in [0.5, 0.6) is 5.75 Å². The minimum atomic E-state index is -1.82. The van der Waals surface area contributed by atoms with Crippen molar-refractivity contribution >= 4 is 33.5 Å². The van der Waals surface area contributed by atoms with Gasteiger partial charge >= 0.3 is 11.9 Å². The van der Waals surface area contributed by atoms with Crippen LogP contribution in [0.4, 0.5) is 0 Å². The number of carbonyl (C=O) groups is 2. The number of unbranched alkanes of at least 4 members (excludes halogenated alkanes) is 1. The van der Waals surface area contributed by atoms with Crippen LogP contribution in [-0.4, -0.2) is 79.6 Å². The van der Waals surface area contributed by atoms with Crippen molar-refractivity contribution in [2.24, 2.45) is 0 Å². The van der Waals surface area contributed by atoms with E-state index in [0.29, 0.717) is 6.61 Å². The molecule has 0 saturated carbocycles. The number of aryl methyl sites for hydroxylation is 1. The van der Waals surface area contributed by atoms with Crippen LogP contribution >= 0.6 is 11.3 Å². The normalized spacial score (nSPS) is 14.8. The van der Waals surface area contributed by atoms with Crippen molar-refractivity contribution in [3.05, 3.63) is 71.8 Å². The number of fused-ring (bicyclic) bond motifs is 1. The number of hydrogen-bond donors (Lipinski definition) is 2. The molecule has 5 rings (SSSR count). The summed E-state index contributed by atoms with van der Waals surface area (Å²) < 4.78 is 15.9. The number of para-hydroxylation sites is 1. The molecule has 0 aliphatic carbocycles. The number of thiazole rings is 1. The van der Waals surface area contributed by atoms with E-state index in [4.69, 9.17) is 34.3 Å². The molecule has 0 bridgehead atoms. The number of piperidine rings is 1. The molecule has 2 aromatic heterocycles. The van der Waals surface area contributed by atoms with Crippen molar-refractivity contribution in [2.45, 2.75) is 44.4 Å². The topological polar surface area (TPSA) is 140 Å². The average molecular weight is 568 g/mol. The van der Waals surface area contributed by atoms with Crippen LogP contribution in [0.25, 0.3) is 10.2 Å². The number of carboxylic acids is 2. The highest BCUT2D eigenvalue weighted by Gasteiger charge is 2.26. The second-order valence-electron chi connectivity index (χ2n) is 9.44. The van der Waals surface area contributed by atoms with Crippen LogP contribution in [-0.2, 0) is 20.9 Å². The van der Waals surface area contributed by atoms with Crippen LogP contribution in [0.15, 0.2) is 61.2 Å². The van der Waals surface area contributed by atoms with Crippen molar-refractivity contribution in [1.82, 2.24) is 24.6 Å². The third kappa shape index (κ3) is 8.57. The van der Waals surface area contributed by atoms with Gasteiger partial charge in [-0.25, -0.2) is 19.6 Å². The van der Waals surface area contributed by atoms with Crippen LogP contribution in [0.2, 0.25) is 0 Å². The molecule has 3 heterocycles. The van der Waals surface area contributed by atoms with E-state index in [1.165, 1.54) is 4.70 Å². The second-order valence-corrected chi connectivity index (χ2v) is 10.5. The Kier molecular flexibility index (Phi) is 10.6. The SMILES string of the molecule is CN1CCC(OC(c2cccc(OCCCCn3cncn3)c2)c2nc3ccccc3s2)CC1.O=C(O)C(=O)O. The van der Waals surface area contributed by atoms with Crippen LogP contribution in [0.1, 0.15) is 42.4 Å². The van der Waals surface area contributed by atoms with E-state index < -0.39 is 11.9 Å². The number of nitrogens with zero attached hydrogens (tertiary/aromatic N) is 5. The highest BCUT2D eigenvalue weighted by molar-refractivity contribution is 7.18. The lowest BCUT2D eigenvalue weighted by Crippen LogP contribution is -2.35. The van der Waals surface area contributed by atoms with Gasteiger partial charge in [-0.15, -0.1) is 11.3 Å². The molecular formula is C28H33N5O6S. The zero-order valence-electron chi connectivity index (χ0n) is 22.3. The predicted molar refractivity (Wildman–Crippen MR) is 150 cm³/mol. The van der Waals surface area contributed by atoms with Gasteiger partial charge in [-0.1, -0.05) is 24.3 Å². The number of aliphatic carboxylic acids is 2. The maximum Gasteiger partial charge on any atom is 0.414 e. The zero-order chi connectivity index (χ0) is 28.3. The quantitative estimate of drug-likeness (QED) is 0.213. The summed E-state index contributed by atoms with van der Waals surface area (Å²) >= 11 is 1.72. The van der Waals surface area contributed by atoms with Gasteiger partial charge in [0, 0.05) is 19.6 Å². The van der Waals surface area contributed by atoms with Gasteiger partial charge < -0.3 is 24.6 Å². The molecule has 11 nitrogen and oxygen atoms in total. The van der Waals surface area contributed by atoms with Gasteiger partial charge in [0.15, 0.2) is 0 Å². The van der Waals surface area contributed by atoms with Crippen LogP contribution in [0.3, 0.4) is 0 Å². The number of carboxylic acid groups (broad SMARTS) is 2. The van der Waals surface area contributed by atoms with Gasteiger partial charge in [0.2, 0.25) is 0 Å². The van der Waals surface area contributed by atoms with E-state index in [9.17, 15) is 0 Å². The van der Waals surface area contributed by atoms with Gasteiger partial charge in [-0.05, 0) is 62.6 Å². The molecule has 1 fully saturated rings. The number of benzene rings is 2. The molecule has 0 spiro atoms.